The average molecular weight is 255 g/mol. The Morgan fingerprint density at radius 2 is 1.79 bits per heavy atom. The third-order valence-electron chi connectivity index (χ3n) is 2.74. The Labute approximate surface area is 113 Å². The summed E-state index contributed by atoms with van der Waals surface area (Å²) in [6.07, 6.45) is 3.90. The smallest absolute Gasteiger partial charge is 0.286 e. The van der Waals surface area contributed by atoms with E-state index in [4.69, 9.17) is 0 Å². The van der Waals surface area contributed by atoms with Crippen LogP contribution in [0.4, 0.5) is 0 Å². The number of carbonyl (C=O) groups excluding carboxylic acids is 1. The Balaban J connectivity index is 2.14. The molecule has 0 atom stereocenters. The van der Waals surface area contributed by atoms with Crippen LogP contribution in [0, 0.1) is 0 Å². The van der Waals surface area contributed by atoms with E-state index in [0.29, 0.717) is 6.54 Å². The Kier molecular flexibility index (Phi) is 4.29. The molecule has 0 saturated heterocycles. The largest absolute Gasteiger partial charge is 0.348 e. The van der Waals surface area contributed by atoms with Gasteiger partial charge < -0.3 is 5.32 Å². The quantitative estimate of drug-likeness (QED) is 0.834. The fourth-order valence-corrected chi connectivity index (χ4v) is 1.96. The summed E-state index contributed by atoms with van der Waals surface area (Å²) in [7, 11) is 0. The first-order chi connectivity index (χ1) is 9.15. The number of rotatable bonds is 4. The second-order valence-corrected chi connectivity index (χ2v) is 4.85. The van der Waals surface area contributed by atoms with Gasteiger partial charge in [-0.05, 0) is 25.5 Å². The van der Waals surface area contributed by atoms with Crippen LogP contribution in [0.2, 0.25) is 0 Å². The summed E-state index contributed by atoms with van der Waals surface area (Å²) in [6.45, 7) is 4.27. The lowest BCUT2D eigenvalue weighted by Gasteiger charge is -2.06. The molecule has 0 spiro atoms. The zero-order valence-corrected chi connectivity index (χ0v) is 11.3. The fourth-order valence-electron chi connectivity index (χ4n) is 1.96. The van der Waals surface area contributed by atoms with Crippen LogP contribution in [0.25, 0.3) is 11.1 Å². The van der Waals surface area contributed by atoms with E-state index in [2.05, 4.69) is 17.4 Å². The number of benzene rings is 1. The minimum atomic E-state index is 0.0326. The summed E-state index contributed by atoms with van der Waals surface area (Å²) in [6, 6.07) is 14.3. The van der Waals surface area contributed by atoms with Crippen molar-refractivity contribution in [3.63, 3.8) is 0 Å². The Morgan fingerprint density at radius 3 is 2.47 bits per heavy atom. The third kappa shape index (κ3) is 3.91. The Bertz CT molecular complexity index is 550. The molecule has 1 N–H and O–H groups in total. The molecule has 1 heterocycles. The molecule has 0 aliphatic rings. The maximum Gasteiger partial charge on any atom is 0.286 e. The van der Waals surface area contributed by atoms with E-state index < -0.39 is 0 Å². The zero-order chi connectivity index (χ0) is 13.7. The lowest BCUT2D eigenvalue weighted by Crippen LogP contribution is -2.44. The van der Waals surface area contributed by atoms with Gasteiger partial charge in [-0.15, -0.1) is 0 Å². The van der Waals surface area contributed by atoms with Crippen LogP contribution in [0.1, 0.15) is 13.8 Å². The molecule has 1 aromatic carbocycles. The number of amides is 1. The lowest BCUT2D eigenvalue weighted by molar-refractivity contribution is -0.684. The predicted molar refractivity (Wildman–Crippen MR) is 75.4 cm³/mol. The van der Waals surface area contributed by atoms with Gasteiger partial charge in [0, 0.05) is 17.7 Å². The molecule has 0 saturated carbocycles. The molecule has 98 valence electrons. The topological polar surface area (TPSA) is 33.0 Å². The summed E-state index contributed by atoms with van der Waals surface area (Å²) < 4.78 is 1.90. The predicted octanol–water partition coefficient (Wildman–Crippen LogP) is 2.17. The number of carbonyl (C=O) groups is 1. The van der Waals surface area contributed by atoms with Crippen molar-refractivity contribution in [1.29, 1.82) is 0 Å². The van der Waals surface area contributed by atoms with Crippen molar-refractivity contribution in [2.45, 2.75) is 26.4 Å². The van der Waals surface area contributed by atoms with Gasteiger partial charge in [0.1, 0.15) is 0 Å². The monoisotopic (exact) mass is 255 g/mol. The van der Waals surface area contributed by atoms with Gasteiger partial charge >= 0.3 is 0 Å². The molecule has 3 heteroatoms. The number of hydrogen-bond donors (Lipinski definition) is 1. The number of nitrogens with zero attached hydrogens (tertiary/aromatic N) is 1. The van der Waals surface area contributed by atoms with Crippen LogP contribution in [0.5, 0.6) is 0 Å². The number of hydrogen-bond acceptors (Lipinski definition) is 1. The molecule has 19 heavy (non-hydrogen) atoms. The molecular weight excluding hydrogens is 236 g/mol. The minimum Gasteiger partial charge on any atom is -0.348 e. The second kappa shape index (κ2) is 6.14. The Morgan fingerprint density at radius 1 is 1.11 bits per heavy atom. The summed E-state index contributed by atoms with van der Waals surface area (Å²) in [5, 5.41) is 2.89. The third-order valence-corrected chi connectivity index (χ3v) is 2.74. The normalized spacial score (nSPS) is 10.5. The van der Waals surface area contributed by atoms with Crippen molar-refractivity contribution in [1.82, 2.24) is 5.32 Å². The van der Waals surface area contributed by atoms with Gasteiger partial charge in [-0.25, -0.2) is 0 Å². The van der Waals surface area contributed by atoms with Crippen LogP contribution >= 0.6 is 0 Å². The van der Waals surface area contributed by atoms with Crippen molar-refractivity contribution in [2.75, 3.05) is 0 Å². The molecule has 3 nitrogen and oxygen atoms in total. The molecule has 2 aromatic rings. The highest BCUT2D eigenvalue weighted by molar-refractivity contribution is 5.74. The summed E-state index contributed by atoms with van der Waals surface area (Å²) in [5.74, 6) is 0.0326. The van der Waals surface area contributed by atoms with Gasteiger partial charge in [0.2, 0.25) is 6.54 Å². The average Bonchev–Trinajstić information content (AvgIpc) is 2.39. The van der Waals surface area contributed by atoms with Crippen molar-refractivity contribution >= 4 is 5.91 Å². The first kappa shape index (κ1) is 13.3. The van der Waals surface area contributed by atoms with Crippen LogP contribution < -0.4 is 9.88 Å². The van der Waals surface area contributed by atoms with Gasteiger partial charge in [0.25, 0.3) is 5.91 Å². The molecule has 0 fully saturated rings. The van der Waals surface area contributed by atoms with Gasteiger partial charge in [0.05, 0.1) is 0 Å². The van der Waals surface area contributed by atoms with Crippen molar-refractivity contribution in [3.05, 3.63) is 54.9 Å². The van der Waals surface area contributed by atoms with E-state index in [-0.39, 0.29) is 11.9 Å². The van der Waals surface area contributed by atoms with Crippen molar-refractivity contribution in [3.8, 4) is 11.1 Å². The zero-order valence-electron chi connectivity index (χ0n) is 11.3. The molecular formula is C16H19N2O+. The van der Waals surface area contributed by atoms with E-state index in [1.165, 1.54) is 0 Å². The van der Waals surface area contributed by atoms with E-state index >= 15 is 0 Å². The van der Waals surface area contributed by atoms with Gasteiger partial charge in [-0.1, -0.05) is 30.3 Å². The van der Waals surface area contributed by atoms with Crippen LogP contribution in [0.3, 0.4) is 0 Å². The summed E-state index contributed by atoms with van der Waals surface area (Å²) in [4.78, 5) is 11.7. The van der Waals surface area contributed by atoms with Crippen LogP contribution in [-0.4, -0.2) is 11.9 Å². The lowest BCUT2D eigenvalue weighted by atomic mass is 10.1. The first-order valence-electron chi connectivity index (χ1n) is 6.49. The molecule has 1 amide bonds. The van der Waals surface area contributed by atoms with Gasteiger partial charge in [-0.3, -0.25) is 4.79 Å². The molecule has 0 aliphatic carbocycles. The van der Waals surface area contributed by atoms with Crippen LogP contribution in [-0.2, 0) is 11.3 Å². The van der Waals surface area contributed by atoms with E-state index in [1.807, 2.05) is 61.1 Å². The maximum atomic E-state index is 11.7. The molecule has 0 radical (unpaired) electrons. The molecule has 0 unspecified atom stereocenters. The van der Waals surface area contributed by atoms with Gasteiger partial charge in [-0.2, -0.15) is 4.57 Å². The molecule has 1 aromatic heterocycles. The van der Waals surface area contributed by atoms with E-state index in [9.17, 15) is 4.79 Å². The highest BCUT2D eigenvalue weighted by atomic mass is 16.2. The van der Waals surface area contributed by atoms with Crippen molar-refractivity contribution in [2.24, 2.45) is 0 Å². The highest BCUT2D eigenvalue weighted by Gasteiger charge is 2.11. The SMILES string of the molecule is CC(C)NC(=O)C[n+]1cccc(-c2ccccc2)c1. The fraction of sp³-hybridized carbons (Fsp3) is 0.250. The van der Waals surface area contributed by atoms with Crippen molar-refractivity contribution < 1.29 is 9.36 Å². The molecule has 0 bridgehead atoms. The minimum absolute atomic E-state index is 0.0326. The van der Waals surface area contributed by atoms with Gasteiger partial charge in [0.15, 0.2) is 12.4 Å². The number of nitrogens with one attached hydrogen (secondary N) is 1. The Hall–Kier alpha value is -2.16. The number of pyridine rings is 1. The molecule has 0 aliphatic heterocycles. The second-order valence-electron chi connectivity index (χ2n) is 4.85. The first-order valence-corrected chi connectivity index (χ1v) is 6.49. The van der Waals surface area contributed by atoms with E-state index in [0.717, 1.165) is 11.1 Å². The summed E-state index contributed by atoms with van der Waals surface area (Å²) in [5.41, 5.74) is 2.27. The maximum absolute atomic E-state index is 11.7. The summed E-state index contributed by atoms with van der Waals surface area (Å²) >= 11 is 0. The van der Waals surface area contributed by atoms with E-state index in [1.54, 1.807) is 0 Å². The molecule has 2 rings (SSSR count). The number of aromatic nitrogens is 1. The van der Waals surface area contributed by atoms with Crippen LogP contribution in [0.15, 0.2) is 54.9 Å². The highest BCUT2D eigenvalue weighted by Crippen LogP contribution is 2.15. The standard InChI is InChI=1S/C16H18N2O/c1-13(2)17-16(19)12-18-10-6-9-15(11-18)14-7-4-3-5-8-14/h3-11,13H,12H2,1-2H3/p+1.